The number of rotatable bonds is 2. The van der Waals surface area contributed by atoms with E-state index in [1.165, 1.54) is 0 Å². The first kappa shape index (κ1) is 13.2. The second-order valence-corrected chi connectivity index (χ2v) is 5.48. The predicted octanol–water partition coefficient (Wildman–Crippen LogP) is 3.08. The van der Waals surface area contributed by atoms with Gasteiger partial charge < -0.3 is 9.88 Å². The monoisotopic (exact) mass is 289 g/mol. The minimum Gasteiger partial charge on any atom is -0.348 e. The summed E-state index contributed by atoms with van der Waals surface area (Å²) in [4.78, 5) is 21.7. The molecule has 1 amide bonds. The van der Waals surface area contributed by atoms with Gasteiger partial charge in [0.25, 0.3) is 5.91 Å². The third kappa shape index (κ3) is 2.70. The minimum atomic E-state index is 0.0829. The average Bonchev–Trinajstić information content (AvgIpc) is 3.02. The Kier molecular flexibility index (Phi) is 3.74. The number of imidazole rings is 1. The van der Waals surface area contributed by atoms with Crippen molar-refractivity contribution in [2.24, 2.45) is 0 Å². The van der Waals surface area contributed by atoms with Crippen molar-refractivity contribution in [1.82, 2.24) is 14.9 Å². The van der Waals surface area contributed by atoms with Gasteiger partial charge in [0.1, 0.15) is 5.82 Å². The summed E-state index contributed by atoms with van der Waals surface area (Å²) < 4.78 is 0. The smallest absolute Gasteiger partial charge is 0.253 e. The Morgan fingerprint density at radius 3 is 2.55 bits per heavy atom. The van der Waals surface area contributed by atoms with Crippen LogP contribution in [0.15, 0.2) is 36.7 Å². The molecule has 5 heteroatoms. The summed E-state index contributed by atoms with van der Waals surface area (Å²) in [6.45, 7) is 1.54. The van der Waals surface area contributed by atoms with E-state index < -0.39 is 0 Å². The quantitative estimate of drug-likeness (QED) is 0.923. The summed E-state index contributed by atoms with van der Waals surface area (Å²) in [6, 6.07) is 7.07. The summed E-state index contributed by atoms with van der Waals surface area (Å²) in [7, 11) is 0. The molecule has 1 aliphatic heterocycles. The third-order valence-corrected chi connectivity index (χ3v) is 4.03. The van der Waals surface area contributed by atoms with Crippen LogP contribution in [0.3, 0.4) is 0 Å². The summed E-state index contributed by atoms with van der Waals surface area (Å²) in [5.41, 5.74) is 0.700. The number of H-pyrrole nitrogens is 1. The van der Waals surface area contributed by atoms with E-state index in [-0.39, 0.29) is 5.91 Å². The standard InChI is InChI=1S/C15H16ClN3O/c16-13-3-1-12(2-4-13)15(20)19-9-5-11(6-10-19)14-17-7-8-18-14/h1-4,7-8,11H,5-6,9-10H2,(H,17,18). The van der Waals surface area contributed by atoms with Crippen LogP contribution in [0.25, 0.3) is 0 Å². The normalized spacial score (nSPS) is 16.4. The van der Waals surface area contributed by atoms with Crippen LogP contribution >= 0.6 is 11.6 Å². The van der Waals surface area contributed by atoms with Gasteiger partial charge in [-0.2, -0.15) is 0 Å². The Balaban J connectivity index is 1.63. The van der Waals surface area contributed by atoms with Crippen LogP contribution in [0, 0.1) is 0 Å². The van der Waals surface area contributed by atoms with Crippen LogP contribution in [0.1, 0.15) is 34.9 Å². The van der Waals surface area contributed by atoms with Gasteiger partial charge in [0.2, 0.25) is 0 Å². The molecular weight excluding hydrogens is 274 g/mol. The molecule has 1 aromatic carbocycles. The Labute approximate surface area is 122 Å². The molecule has 0 spiro atoms. The highest BCUT2D eigenvalue weighted by molar-refractivity contribution is 6.30. The fourth-order valence-electron chi connectivity index (χ4n) is 2.63. The Morgan fingerprint density at radius 1 is 1.25 bits per heavy atom. The van der Waals surface area contributed by atoms with Crippen LogP contribution in [-0.2, 0) is 0 Å². The van der Waals surface area contributed by atoms with Gasteiger partial charge in [0.05, 0.1) is 0 Å². The Hall–Kier alpha value is -1.81. The fraction of sp³-hybridized carbons (Fsp3) is 0.333. The number of amides is 1. The maximum atomic E-state index is 12.4. The van der Waals surface area contributed by atoms with Gasteiger partial charge in [-0.3, -0.25) is 4.79 Å². The van der Waals surface area contributed by atoms with Gasteiger partial charge >= 0.3 is 0 Å². The topological polar surface area (TPSA) is 49.0 Å². The number of aromatic amines is 1. The molecule has 1 aliphatic rings. The highest BCUT2D eigenvalue weighted by atomic mass is 35.5. The van der Waals surface area contributed by atoms with E-state index in [0.717, 1.165) is 31.8 Å². The Bertz CT molecular complexity index is 572. The number of carbonyl (C=O) groups is 1. The van der Waals surface area contributed by atoms with Crippen LogP contribution in [0.2, 0.25) is 5.02 Å². The van der Waals surface area contributed by atoms with Crippen LogP contribution < -0.4 is 0 Å². The number of aromatic nitrogens is 2. The largest absolute Gasteiger partial charge is 0.348 e. The molecule has 2 heterocycles. The second kappa shape index (κ2) is 5.67. The highest BCUT2D eigenvalue weighted by Gasteiger charge is 2.25. The molecule has 2 aromatic rings. The van der Waals surface area contributed by atoms with Gasteiger partial charge in [-0.05, 0) is 37.1 Å². The van der Waals surface area contributed by atoms with Crippen molar-refractivity contribution in [2.75, 3.05) is 13.1 Å². The van der Waals surface area contributed by atoms with Crippen molar-refractivity contribution in [3.63, 3.8) is 0 Å². The van der Waals surface area contributed by atoms with Crippen molar-refractivity contribution in [1.29, 1.82) is 0 Å². The third-order valence-electron chi connectivity index (χ3n) is 3.78. The number of hydrogen-bond donors (Lipinski definition) is 1. The van der Waals surface area contributed by atoms with Gasteiger partial charge in [-0.1, -0.05) is 11.6 Å². The van der Waals surface area contributed by atoms with Crippen LogP contribution in [0.4, 0.5) is 0 Å². The van der Waals surface area contributed by atoms with Crippen molar-refractivity contribution >= 4 is 17.5 Å². The molecule has 3 rings (SSSR count). The lowest BCUT2D eigenvalue weighted by Crippen LogP contribution is -2.38. The van der Waals surface area contributed by atoms with Crippen LogP contribution in [-0.4, -0.2) is 33.9 Å². The molecule has 1 saturated heterocycles. The zero-order chi connectivity index (χ0) is 13.9. The molecule has 4 nitrogen and oxygen atoms in total. The molecule has 0 saturated carbocycles. The first-order valence-corrected chi connectivity index (χ1v) is 7.16. The van der Waals surface area contributed by atoms with Gasteiger partial charge in [0.15, 0.2) is 0 Å². The first-order chi connectivity index (χ1) is 9.74. The van der Waals surface area contributed by atoms with Crippen molar-refractivity contribution < 1.29 is 4.79 Å². The number of hydrogen-bond acceptors (Lipinski definition) is 2. The lowest BCUT2D eigenvalue weighted by molar-refractivity contribution is 0.0711. The average molecular weight is 290 g/mol. The van der Waals surface area contributed by atoms with Crippen molar-refractivity contribution in [3.05, 3.63) is 53.1 Å². The molecule has 1 N–H and O–H groups in total. The van der Waals surface area contributed by atoms with E-state index in [1.54, 1.807) is 30.5 Å². The maximum Gasteiger partial charge on any atom is 0.253 e. The predicted molar refractivity (Wildman–Crippen MR) is 77.9 cm³/mol. The zero-order valence-electron chi connectivity index (χ0n) is 11.1. The summed E-state index contributed by atoms with van der Waals surface area (Å²) in [5, 5.41) is 0.651. The second-order valence-electron chi connectivity index (χ2n) is 5.05. The molecule has 20 heavy (non-hydrogen) atoms. The number of halogens is 1. The van der Waals surface area contributed by atoms with E-state index >= 15 is 0 Å². The highest BCUT2D eigenvalue weighted by Crippen LogP contribution is 2.26. The number of piperidine rings is 1. The first-order valence-electron chi connectivity index (χ1n) is 6.78. The van der Waals surface area contributed by atoms with Gasteiger partial charge in [-0.15, -0.1) is 0 Å². The van der Waals surface area contributed by atoms with E-state index in [4.69, 9.17) is 11.6 Å². The minimum absolute atomic E-state index is 0.0829. The summed E-state index contributed by atoms with van der Waals surface area (Å²) >= 11 is 5.84. The molecule has 0 radical (unpaired) electrons. The molecule has 1 aromatic heterocycles. The maximum absolute atomic E-state index is 12.4. The number of carbonyl (C=O) groups excluding carboxylic acids is 1. The molecule has 0 atom stereocenters. The van der Waals surface area contributed by atoms with E-state index in [9.17, 15) is 4.79 Å². The van der Waals surface area contributed by atoms with E-state index in [1.807, 2.05) is 11.1 Å². The number of nitrogens with zero attached hydrogens (tertiary/aromatic N) is 2. The van der Waals surface area contributed by atoms with Crippen molar-refractivity contribution in [3.8, 4) is 0 Å². The lowest BCUT2D eigenvalue weighted by Gasteiger charge is -2.31. The molecule has 0 aliphatic carbocycles. The number of nitrogens with one attached hydrogen (secondary N) is 1. The number of likely N-dealkylation sites (tertiary alicyclic amines) is 1. The lowest BCUT2D eigenvalue weighted by atomic mass is 9.95. The summed E-state index contributed by atoms with van der Waals surface area (Å²) in [6.07, 6.45) is 5.53. The van der Waals surface area contributed by atoms with E-state index in [0.29, 0.717) is 16.5 Å². The molecule has 104 valence electrons. The summed E-state index contributed by atoms with van der Waals surface area (Å²) in [5.74, 6) is 1.54. The van der Waals surface area contributed by atoms with Gasteiger partial charge in [0, 0.05) is 42.0 Å². The van der Waals surface area contributed by atoms with E-state index in [2.05, 4.69) is 9.97 Å². The zero-order valence-corrected chi connectivity index (χ0v) is 11.8. The molecule has 0 unspecified atom stereocenters. The van der Waals surface area contributed by atoms with Gasteiger partial charge in [-0.25, -0.2) is 4.98 Å². The van der Waals surface area contributed by atoms with Crippen molar-refractivity contribution in [2.45, 2.75) is 18.8 Å². The SMILES string of the molecule is O=C(c1ccc(Cl)cc1)N1CCC(c2ncc[nH]2)CC1. The molecule has 1 fully saturated rings. The Morgan fingerprint density at radius 2 is 1.95 bits per heavy atom. The van der Waals surface area contributed by atoms with Crippen LogP contribution in [0.5, 0.6) is 0 Å². The fourth-order valence-corrected chi connectivity index (χ4v) is 2.76. The molecule has 0 bridgehead atoms. The number of benzene rings is 1. The molecular formula is C15H16ClN3O.